The Labute approximate surface area is 139 Å². The van der Waals surface area contributed by atoms with Gasteiger partial charge >= 0.3 is 0 Å². The maximum atomic E-state index is 13.6. The van der Waals surface area contributed by atoms with Crippen molar-refractivity contribution in [2.75, 3.05) is 6.54 Å². The Balaban J connectivity index is 1.63. The molecule has 8 heteroatoms. The van der Waals surface area contributed by atoms with Crippen molar-refractivity contribution >= 4 is 10.0 Å². The minimum Gasteiger partial charge on any atom is -0.271 e. The molecule has 124 valence electrons. The van der Waals surface area contributed by atoms with Gasteiger partial charge in [0.05, 0.1) is 12.7 Å². The largest absolute Gasteiger partial charge is 0.271 e. The van der Waals surface area contributed by atoms with Crippen LogP contribution in [0.5, 0.6) is 0 Å². The maximum absolute atomic E-state index is 13.6. The standard InChI is InChI=1S/C16H15FN4O2S/c17-15-3-1-2-4-16(15)24(22,23)20-9-10-21-12-14(11-19-21)13-5-7-18-8-6-13/h1-8,11-12,20H,9-10H2. The Morgan fingerprint density at radius 3 is 2.58 bits per heavy atom. The van der Waals surface area contributed by atoms with Gasteiger partial charge in [0.15, 0.2) is 0 Å². The fourth-order valence-electron chi connectivity index (χ4n) is 2.21. The Hall–Kier alpha value is -2.58. The summed E-state index contributed by atoms with van der Waals surface area (Å²) in [6, 6.07) is 8.99. The van der Waals surface area contributed by atoms with Crippen LogP contribution in [0.25, 0.3) is 11.1 Å². The highest BCUT2D eigenvalue weighted by Crippen LogP contribution is 2.17. The number of pyridine rings is 1. The zero-order chi connectivity index (χ0) is 17.0. The number of rotatable bonds is 6. The van der Waals surface area contributed by atoms with Gasteiger partial charge < -0.3 is 0 Å². The molecule has 0 unspecified atom stereocenters. The number of halogens is 1. The van der Waals surface area contributed by atoms with Crippen molar-refractivity contribution in [3.8, 4) is 11.1 Å². The molecule has 24 heavy (non-hydrogen) atoms. The van der Waals surface area contributed by atoms with Crippen molar-refractivity contribution in [1.82, 2.24) is 19.5 Å². The molecule has 0 atom stereocenters. The van der Waals surface area contributed by atoms with Crippen LogP contribution in [0.15, 0.2) is 66.1 Å². The van der Waals surface area contributed by atoms with Crippen LogP contribution >= 0.6 is 0 Å². The van der Waals surface area contributed by atoms with Gasteiger partial charge in [0.1, 0.15) is 10.7 Å². The zero-order valence-corrected chi connectivity index (χ0v) is 13.4. The lowest BCUT2D eigenvalue weighted by molar-refractivity contribution is 0.545. The Morgan fingerprint density at radius 2 is 1.83 bits per heavy atom. The molecule has 1 aromatic carbocycles. The molecule has 2 heterocycles. The van der Waals surface area contributed by atoms with Gasteiger partial charge in [-0.15, -0.1) is 0 Å². The molecule has 0 fully saturated rings. The van der Waals surface area contributed by atoms with Crippen LogP contribution in [0, 0.1) is 5.82 Å². The molecular weight excluding hydrogens is 331 g/mol. The Kier molecular flexibility index (Phi) is 4.68. The summed E-state index contributed by atoms with van der Waals surface area (Å²) in [5, 5.41) is 4.19. The van der Waals surface area contributed by atoms with E-state index in [2.05, 4.69) is 14.8 Å². The second kappa shape index (κ2) is 6.90. The third-order valence-corrected chi connectivity index (χ3v) is 4.90. The van der Waals surface area contributed by atoms with E-state index < -0.39 is 15.8 Å². The van der Waals surface area contributed by atoms with E-state index in [4.69, 9.17) is 0 Å². The fraction of sp³-hybridized carbons (Fsp3) is 0.125. The average Bonchev–Trinajstić information content (AvgIpc) is 3.05. The minimum atomic E-state index is -3.88. The first-order chi connectivity index (χ1) is 11.6. The summed E-state index contributed by atoms with van der Waals surface area (Å²) in [5.41, 5.74) is 1.89. The molecule has 6 nitrogen and oxygen atoms in total. The summed E-state index contributed by atoms with van der Waals surface area (Å²) in [7, 11) is -3.88. The predicted octanol–water partition coefficient (Wildman–Crippen LogP) is 2.06. The van der Waals surface area contributed by atoms with Crippen molar-refractivity contribution in [3.05, 3.63) is 67.0 Å². The summed E-state index contributed by atoms with van der Waals surface area (Å²) in [4.78, 5) is 3.60. The molecule has 2 aromatic heterocycles. The molecular formula is C16H15FN4O2S. The molecule has 0 radical (unpaired) electrons. The minimum absolute atomic E-state index is 0.105. The molecule has 3 rings (SSSR count). The number of sulfonamides is 1. The average molecular weight is 346 g/mol. The summed E-state index contributed by atoms with van der Waals surface area (Å²) < 4.78 is 41.7. The van der Waals surface area contributed by atoms with E-state index in [9.17, 15) is 12.8 Å². The zero-order valence-electron chi connectivity index (χ0n) is 12.6. The van der Waals surface area contributed by atoms with Gasteiger partial charge in [0.25, 0.3) is 0 Å². The maximum Gasteiger partial charge on any atom is 0.243 e. The molecule has 0 spiro atoms. The molecule has 1 N–H and O–H groups in total. The van der Waals surface area contributed by atoms with E-state index in [0.717, 1.165) is 17.2 Å². The quantitative estimate of drug-likeness (QED) is 0.741. The van der Waals surface area contributed by atoms with E-state index in [0.29, 0.717) is 6.54 Å². The predicted molar refractivity (Wildman–Crippen MR) is 87.0 cm³/mol. The number of nitrogens with zero attached hydrogens (tertiary/aromatic N) is 3. The van der Waals surface area contributed by atoms with Crippen LogP contribution in [0.1, 0.15) is 0 Å². The van der Waals surface area contributed by atoms with E-state index in [1.54, 1.807) is 23.3 Å². The number of hydrogen-bond donors (Lipinski definition) is 1. The van der Waals surface area contributed by atoms with E-state index >= 15 is 0 Å². The van der Waals surface area contributed by atoms with Gasteiger partial charge in [0, 0.05) is 30.7 Å². The first-order valence-corrected chi connectivity index (χ1v) is 8.72. The molecule has 0 bridgehead atoms. The normalized spacial score (nSPS) is 11.5. The number of hydrogen-bond acceptors (Lipinski definition) is 4. The summed E-state index contributed by atoms with van der Waals surface area (Å²) in [6.45, 7) is 0.437. The van der Waals surface area contributed by atoms with Crippen LogP contribution in [0.2, 0.25) is 0 Å². The lowest BCUT2D eigenvalue weighted by atomic mass is 10.1. The van der Waals surface area contributed by atoms with Crippen molar-refractivity contribution in [2.45, 2.75) is 11.4 Å². The van der Waals surface area contributed by atoms with Gasteiger partial charge in [-0.2, -0.15) is 5.10 Å². The van der Waals surface area contributed by atoms with Gasteiger partial charge in [-0.3, -0.25) is 9.67 Å². The third-order valence-electron chi connectivity index (χ3n) is 3.41. The van der Waals surface area contributed by atoms with E-state index in [-0.39, 0.29) is 11.4 Å². The topological polar surface area (TPSA) is 76.9 Å². The van der Waals surface area contributed by atoms with Crippen LogP contribution in [-0.2, 0) is 16.6 Å². The number of nitrogens with one attached hydrogen (secondary N) is 1. The smallest absolute Gasteiger partial charge is 0.243 e. The van der Waals surface area contributed by atoms with Crippen LogP contribution < -0.4 is 4.72 Å². The van der Waals surface area contributed by atoms with E-state index in [1.807, 2.05) is 18.3 Å². The van der Waals surface area contributed by atoms with Crippen LogP contribution in [0.4, 0.5) is 4.39 Å². The Morgan fingerprint density at radius 1 is 1.08 bits per heavy atom. The van der Waals surface area contributed by atoms with E-state index in [1.165, 1.54) is 18.2 Å². The molecule has 0 aliphatic heterocycles. The van der Waals surface area contributed by atoms with Gasteiger partial charge in [-0.25, -0.2) is 17.5 Å². The first kappa shape index (κ1) is 16.3. The van der Waals surface area contributed by atoms with Crippen LogP contribution in [0.3, 0.4) is 0 Å². The SMILES string of the molecule is O=S(=O)(NCCn1cc(-c2ccncc2)cn1)c1ccccc1F. The lowest BCUT2D eigenvalue weighted by Gasteiger charge is -2.07. The summed E-state index contributed by atoms with van der Waals surface area (Å²) in [6.07, 6.45) is 6.89. The van der Waals surface area contributed by atoms with Gasteiger partial charge in [0.2, 0.25) is 10.0 Å². The summed E-state index contributed by atoms with van der Waals surface area (Å²) >= 11 is 0. The second-order valence-corrected chi connectivity index (χ2v) is 6.79. The first-order valence-electron chi connectivity index (χ1n) is 7.23. The fourth-order valence-corrected chi connectivity index (χ4v) is 3.31. The molecule has 0 saturated carbocycles. The van der Waals surface area contributed by atoms with Crippen molar-refractivity contribution in [1.29, 1.82) is 0 Å². The summed E-state index contributed by atoms with van der Waals surface area (Å²) in [5.74, 6) is -0.774. The molecule has 3 aromatic rings. The van der Waals surface area contributed by atoms with Gasteiger partial charge in [-0.1, -0.05) is 12.1 Å². The van der Waals surface area contributed by atoms with Crippen molar-refractivity contribution in [3.63, 3.8) is 0 Å². The molecule has 0 amide bonds. The highest BCUT2D eigenvalue weighted by atomic mass is 32.2. The monoisotopic (exact) mass is 346 g/mol. The highest BCUT2D eigenvalue weighted by molar-refractivity contribution is 7.89. The number of benzene rings is 1. The van der Waals surface area contributed by atoms with Gasteiger partial charge in [-0.05, 0) is 29.8 Å². The highest BCUT2D eigenvalue weighted by Gasteiger charge is 2.17. The molecule has 0 aliphatic rings. The Bertz CT molecular complexity index is 926. The van der Waals surface area contributed by atoms with Crippen molar-refractivity contribution < 1.29 is 12.8 Å². The van der Waals surface area contributed by atoms with Crippen LogP contribution in [-0.4, -0.2) is 29.7 Å². The third kappa shape index (κ3) is 3.66. The lowest BCUT2D eigenvalue weighted by Crippen LogP contribution is -2.28. The van der Waals surface area contributed by atoms with Crippen molar-refractivity contribution in [2.24, 2.45) is 0 Å². The molecule has 0 saturated heterocycles. The molecule has 0 aliphatic carbocycles. The second-order valence-electron chi connectivity index (χ2n) is 5.06. The number of aromatic nitrogens is 3.